The van der Waals surface area contributed by atoms with E-state index >= 15 is 0 Å². The van der Waals surface area contributed by atoms with Crippen LogP contribution >= 0.6 is 11.8 Å². The second-order valence-electron chi connectivity index (χ2n) is 9.06. The minimum atomic E-state index is -0.523. The van der Waals surface area contributed by atoms with Crippen LogP contribution in [-0.2, 0) is 9.54 Å². The number of nitrogens with zero attached hydrogens (tertiary/aromatic N) is 2. The van der Waals surface area contributed by atoms with Crippen LogP contribution in [0.3, 0.4) is 0 Å². The molecular formula is C26H31FN2O2S. The molecule has 2 aromatic rings. The van der Waals surface area contributed by atoms with Crippen molar-refractivity contribution in [1.82, 2.24) is 4.90 Å². The number of rotatable bonds is 7. The molecule has 32 heavy (non-hydrogen) atoms. The molecule has 0 bridgehead atoms. The lowest BCUT2D eigenvalue weighted by Gasteiger charge is -2.33. The molecule has 1 fully saturated rings. The zero-order valence-electron chi connectivity index (χ0n) is 19.0. The fourth-order valence-electron chi connectivity index (χ4n) is 5.17. The first-order valence-electron chi connectivity index (χ1n) is 11.4. The number of thioether (sulfide) groups is 1. The van der Waals surface area contributed by atoms with Crippen molar-refractivity contribution >= 4 is 29.1 Å². The maximum Gasteiger partial charge on any atom is 0.248 e. The van der Waals surface area contributed by atoms with Crippen LogP contribution in [0.5, 0.6) is 0 Å². The quantitative estimate of drug-likeness (QED) is 0.553. The zero-order valence-corrected chi connectivity index (χ0v) is 19.8. The van der Waals surface area contributed by atoms with Crippen molar-refractivity contribution in [1.29, 1.82) is 0 Å². The Morgan fingerprint density at radius 1 is 1.09 bits per heavy atom. The molecule has 0 radical (unpaired) electrons. The van der Waals surface area contributed by atoms with E-state index in [9.17, 15) is 14.0 Å². The number of piperidine rings is 1. The smallest absolute Gasteiger partial charge is 0.248 e. The van der Waals surface area contributed by atoms with Crippen molar-refractivity contribution in [3.05, 3.63) is 65.5 Å². The highest BCUT2D eigenvalue weighted by Gasteiger charge is 2.52. The third-order valence-corrected chi connectivity index (χ3v) is 8.53. The van der Waals surface area contributed by atoms with Crippen LogP contribution in [0, 0.1) is 17.7 Å². The van der Waals surface area contributed by atoms with E-state index in [0.717, 1.165) is 43.7 Å². The van der Waals surface area contributed by atoms with Gasteiger partial charge in [-0.25, -0.2) is 4.39 Å². The van der Waals surface area contributed by atoms with Crippen molar-refractivity contribution in [3.8, 4) is 0 Å². The Hall–Kier alpha value is -2.18. The van der Waals surface area contributed by atoms with Gasteiger partial charge in [-0.3, -0.25) is 9.59 Å². The molecule has 4 rings (SSSR count). The first-order chi connectivity index (χ1) is 15.4. The number of Topliss-reactive ketones (excluding diaryl/α,β-unsaturated/α-hetero) is 1. The summed E-state index contributed by atoms with van der Waals surface area (Å²) in [6.45, 7) is 7.36. The highest BCUT2D eigenvalue weighted by Crippen LogP contribution is 2.52. The van der Waals surface area contributed by atoms with Crippen molar-refractivity contribution < 1.29 is 14.0 Å². The number of ketones is 1. The molecule has 1 saturated heterocycles. The van der Waals surface area contributed by atoms with Crippen molar-refractivity contribution in [2.45, 2.75) is 31.4 Å². The zero-order chi connectivity index (χ0) is 22.9. The van der Waals surface area contributed by atoms with E-state index in [1.165, 1.54) is 12.1 Å². The lowest BCUT2D eigenvalue weighted by molar-refractivity contribution is -0.121. The van der Waals surface area contributed by atoms with Gasteiger partial charge >= 0.3 is 0 Å². The maximum atomic E-state index is 13.6. The number of para-hydroxylation sites is 1. The first-order valence-corrected chi connectivity index (χ1v) is 12.6. The second-order valence-corrected chi connectivity index (χ2v) is 10.1. The average molecular weight is 455 g/mol. The molecule has 2 heterocycles. The Kier molecular flexibility index (Phi) is 6.72. The van der Waals surface area contributed by atoms with E-state index in [2.05, 4.69) is 30.9 Å². The SMILES string of the molecule is CSC1(C(C)C)C(=O)N(CCN2CCC(C(=O)c3ccc(F)cc3)CC2)c2ccccc21. The Bertz CT molecular complexity index is 986. The molecule has 0 N–H and O–H groups in total. The number of carbonyl (C=O) groups is 2. The summed E-state index contributed by atoms with van der Waals surface area (Å²) < 4.78 is 12.6. The van der Waals surface area contributed by atoms with Gasteiger partial charge in [0, 0.05) is 35.8 Å². The molecule has 2 aliphatic heterocycles. The lowest BCUT2D eigenvalue weighted by atomic mass is 9.88. The molecule has 170 valence electrons. The predicted molar refractivity (Wildman–Crippen MR) is 129 cm³/mol. The molecule has 2 aromatic carbocycles. The van der Waals surface area contributed by atoms with Gasteiger partial charge in [0.05, 0.1) is 0 Å². The third kappa shape index (κ3) is 3.99. The summed E-state index contributed by atoms with van der Waals surface area (Å²) in [5.41, 5.74) is 2.74. The fraction of sp³-hybridized carbons (Fsp3) is 0.462. The Labute approximate surface area is 194 Å². The molecule has 0 saturated carbocycles. The molecule has 2 aliphatic rings. The molecule has 0 aliphatic carbocycles. The van der Waals surface area contributed by atoms with E-state index in [4.69, 9.17) is 0 Å². The van der Waals surface area contributed by atoms with E-state index in [1.807, 2.05) is 23.3 Å². The average Bonchev–Trinajstić information content (AvgIpc) is 3.06. The van der Waals surface area contributed by atoms with Crippen LogP contribution in [0.4, 0.5) is 10.1 Å². The number of anilines is 1. The van der Waals surface area contributed by atoms with Crippen molar-refractivity contribution in [2.24, 2.45) is 11.8 Å². The first kappa shape index (κ1) is 23.0. The second kappa shape index (κ2) is 9.36. The lowest BCUT2D eigenvalue weighted by Crippen LogP contribution is -2.45. The summed E-state index contributed by atoms with van der Waals surface area (Å²) in [5.74, 6) is 0.148. The minimum absolute atomic E-state index is 0.0177. The van der Waals surface area contributed by atoms with Gasteiger partial charge in [0.25, 0.3) is 0 Å². The van der Waals surface area contributed by atoms with Gasteiger partial charge in [-0.05, 0) is 68.4 Å². The normalized spacial score (nSPS) is 21.9. The number of amides is 1. The summed E-state index contributed by atoms with van der Waals surface area (Å²) >= 11 is 1.64. The topological polar surface area (TPSA) is 40.6 Å². The Balaban J connectivity index is 1.38. The van der Waals surface area contributed by atoms with Gasteiger partial charge in [0.2, 0.25) is 5.91 Å². The van der Waals surface area contributed by atoms with Gasteiger partial charge in [-0.2, -0.15) is 0 Å². The number of hydrogen-bond acceptors (Lipinski definition) is 4. The monoisotopic (exact) mass is 454 g/mol. The summed E-state index contributed by atoms with van der Waals surface area (Å²) in [6, 6.07) is 14.0. The summed E-state index contributed by atoms with van der Waals surface area (Å²) in [5, 5.41) is 0. The number of likely N-dealkylation sites (tertiary alicyclic amines) is 1. The fourth-order valence-corrected chi connectivity index (χ4v) is 6.32. The number of hydrogen-bond donors (Lipinski definition) is 0. The molecule has 6 heteroatoms. The summed E-state index contributed by atoms with van der Waals surface area (Å²) in [7, 11) is 0. The van der Waals surface area contributed by atoms with Crippen molar-refractivity contribution in [2.75, 3.05) is 37.3 Å². The predicted octanol–water partition coefficient (Wildman–Crippen LogP) is 4.98. The van der Waals surface area contributed by atoms with Gasteiger partial charge in [0.1, 0.15) is 10.6 Å². The largest absolute Gasteiger partial charge is 0.309 e. The van der Waals surface area contributed by atoms with E-state index in [-0.39, 0.29) is 29.3 Å². The van der Waals surface area contributed by atoms with Crippen LogP contribution in [0.1, 0.15) is 42.6 Å². The summed E-state index contributed by atoms with van der Waals surface area (Å²) in [4.78, 5) is 30.6. The highest BCUT2D eigenvalue weighted by molar-refractivity contribution is 8.00. The van der Waals surface area contributed by atoms with Gasteiger partial charge in [-0.15, -0.1) is 11.8 Å². The molecule has 1 atom stereocenters. The summed E-state index contributed by atoms with van der Waals surface area (Å²) in [6.07, 6.45) is 3.62. The third-order valence-electron chi connectivity index (χ3n) is 7.02. The molecular weight excluding hydrogens is 423 g/mol. The van der Waals surface area contributed by atoms with Gasteiger partial charge in [0.15, 0.2) is 5.78 Å². The van der Waals surface area contributed by atoms with Gasteiger partial charge < -0.3 is 9.80 Å². The van der Waals surface area contributed by atoms with Crippen LogP contribution < -0.4 is 4.90 Å². The molecule has 0 aromatic heterocycles. The standard InChI is InChI=1S/C26H31FN2O2S/c1-18(2)26(32-3)22-6-4-5-7-23(22)29(25(26)31)17-16-28-14-12-20(13-15-28)24(30)19-8-10-21(27)11-9-19/h4-11,18,20H,12-17H2,1-3H3. The highest BCUT2D eigenvalue weighted by atomic mass is 32.2. The molecule has 1 amide bonds. The van der Waals surface area contributed by atoms with E-state index < -0.39 is 4.75 Å². The Morgan fingerprint density at radius 2 is 1.75 bits per heavy atom. The van der Waals surface area contributed by atoms with Crippen LogP contribution in [0.25, 0.3) is 0 Å². The van der Waals surface area contributed by atoms with Crippen molar-refractivity contribution in [3.63, 3.8) is 0 Å². The van der Waals surface area contributed by atoms with Crippen LogP contribution in [0.2, 0.25) is 0 Å². The number of carbonyl (C=O) groups excluding carboxylic acids is 2. The van der Waals surface area contributed by atoms with Gasteiger partial charge in [-0.1, -0.05) is 32.0 Å². The molecule has 0 spiro atoms. The minimum Gasteiger partial charge on any atom is -0.309 e. The van der Waals surface area contributed by atoms with E-state index in [1.54, 1.807) is 23.9 Å². The molecule has 1 unspecified atom stereocenters. The maximum absolute atomic E-state index is 13.6. The molecule has 4 nitrogen and oxygen atoms in total. The Morgan fingerprint density at radius 3 is 2.38 bits per heavy atom. The number of fused-ring (bicyclic) bond motifs is 1. The number of halogens is 1. The number of benzene rings is 2. The van der Waals surface area contributed by atoms with Crippen LogP contribution in [-0.4, -0.2) is 49.0 Å². The van der Waals surface area contributed by atoms with Crippen LogP contribution in [0.15, 0.2) is 48.5 Å². The van der Waals surface area contributed by atoms with E-state index in [0.29, 0.717) is 12.1 Å².